The lowest BCUT2D eigenvalue weighted by atomic mass is 10.2. The number of carbonyl (C=O) groups is 2. The fraction of sp³-hybridized carbons (Fsp3) is 0.409. The molecule has 0 spiro atoms. The molecule has 0 atom stereocenters. The fourth-order valence-electron chi connectivity index (χ4n) is 3.47. The van der Waals surface area contributed by atoms with E-state index in [1.807, 2.05) is 9.80 Å². The molecule has 1 aliphatic heterocycles. The summed E-state index contributed by atoms with van der Waals surface area (Å²) in [5, 5.41) is 3.10. The molecule has 1 saturated heterocycles. The van der Waals surface area contributed by atoms with E-state index in [1.165, 1.54) is 11.0 Å². The van der Waals surface area contributed by atoms with Crippen LogP contribution >= 0.6 is 11.6 Å². The number of aromatic nitrogens is 1. The lowest BCUT2D eigenvalue weighted by molar-refractivity contribution is -0.137. The second-order valence-corrected chi connectivity index (χ2v) is 8.20. The first-order chi connectivity index (χ1) is 15.6. The van der Waals surface area contributed by atoms with Gasteiger partial charge in [-0.2, -0.15) is 13.2 Å². The van der Waals surface area contributed by atoms with Crippen LogP contribution in [0.3, 0.4) is 0 Å². The molecule has 2 amide bonds. The second kappa shape index (κ2) is 10.8. The third kappa shape index (κ3) is 7.06. The average Bonchev–Trinajstić information content (AvgIpc) is 3.00. The number of benzene rings is 1. The van der Waals surface area contributed by atoms with Crippen LogP contribution in [0.25, 0.3) is 0 Å². The van der Waals surface area contributed by atoms with E-state index in [4.69, 9.17) is 11.6 Å². The minimum Gasteiger partial charge on any atom is -0.355 e. The van der Waals surface area contributed by atoms with Gasteiger partial charge in [0.1, 0.15) is 5.82 Å². The van der Waals surface area contributed by atoms with Gasteiger partial charge in [0.15, 0.2) is 0 Å². The maximum Gasteiger partial charge on any atom is 0.417 e. The van der Waals surface area contributed by atoms with Crippen LogP contribution in [0.4, 0.5) is 24.7 Å². The Hall–Kier alpha value is -2.85. The Labute approximate surface area is 195 Å². The van der Waals surface area contributed by atoms with Crippen molar-refractivity contribution in [2.24, 2.45) is 0 Å². The van der Waals surface area contributed by atoms with E-state index in [0.717, 1.165) is 18.7 Å². The molecule has 33 heavy (non-hydrogen) atoms. The molecule has 0 bridgehead atoms. The monoisotopic (exact) mass is 483 g/mol. The van der Waals surface area contributed by atoms with Crippen molar-refractivity contribution in [1.82, 2.24) is 14.8 Å². The number of hydrogen-bond donors (Lipinski definition) is 1. The van der Waals surface area contributed by atoms with E-state index in [-0.39, 0.29) is 24.9 Å². The van der Waals surface area contributed by atoms with Crippen molar-refractivity contribution in [3.05, 3.63) is 53.2 Å². The standard InChI is InChI=1S/C22H25ClF3N5O2/c1-29(14-20(32)28-18-6-3-2-5-17(18)23)21(33)15-30-9-4-10-31(12-11-30)19-8-7-16(13-27-19)22(24,25)26/h2-3,5-8,13H,4,9-12,14-15H2,1H3,(H,28,32). The first kappa shape index (κ1) is 24.8. The zero-order valence-electron chi connectivity index (χ0n) is 18.1. The van der Waals surface area contributed by atoms with E-state index in [0.29, 0.717) is 42.7 Å². The summed E-state index contributed by atoms with van der Waals surface area (Å²) in [4.78, 5) is 34.0. The van der Waals surface area contributed by atoms with Gasteiger partial charge < -0.3 is 15.1 Å². The highest BCUT2D eigenvalue weighted by molar-refractivity contribution is 6.33. The number of nitrogens with zero attached hydrogens (tertiary/aromatic N) is 4. The van der Waals surface area contributed by atoms with Crippen molar-refractivity contribution in [3.8, 4) is 0 Å². The van der Waals surface area contributed by atoms with E-state index in [1.54, 1.807) is 31.3 Å². The van der Waals surface area contributed by atoms with E-state index >= 15 is 0 Å². The largest absolute Gasteiger partial charge is 0.417 e. The lowest BCUT2D eigenvalue weighted by Crippen LogP contribution is -2.42. The molecule has 2 heterocycles. The van der Waals surface area contributed by atoms with Crippen molar-refractivity contribution < 1.29 is 22.8 Å². The summed E-state index contributed by atoms with van der Waals surface area (Å²) in [6.07, 6.45) is -2.85. The van der Waals surface area contributed by atoms with E-state index < -0.39 is 11.7 Å². The van der Waals surface area contributed by atoms with Crippen molar-refractivity contribution in [1.29, 1.82) is 0 Å². The molecule has 1 aromatic carbocycles. The summed E-state index contributed by atoms with van der Waals surface area (Å²) in [6, 6.07) is 9.24. The topological polar surface area (TPSA) is 68.8 Å². The molecular weight excluding hydrogens is 459 g/mol. The molecule has 11 heteroatoms. The minimum atomic E-state index is -4.42. The Balaban J connectivity index is 1.48. The smallest absolute Gasteiger partial charge is 0.355 e. The second-order valence-electron chi connectivity index (χ2n) is 7.80. The van der Waals surface area contributed by atoms with Crippen LogP contribution in [0.1, 0.15) is 12.0 Å². The van der Waals surface area contributed by atoms with Gasteiger partial charge in [0.25, 0.3) is 0 Å². The van der Waals surface area contributed by atoms with Crippen molar-refractivity contribution in [2.75, 3.05) is 56.5 Å². The number of pyridine rings is 1. The Morgan fingerprint density at radius 3 is 2.55 bits per heavy atom. The summed E-state index contributed by atoms with van der Waals surface area (Å²) in [5.41, 5.74) is -0.301. The molecule has 178 valence electrons. The summed E-state index contributed by atoms with van der Waals surface area (Å²) in [7, 11) is 1.56. The third-order valence-electron chi connectivity index (χ3n) is 5.30. The zero-order chi connectivity index (χ0) is 24.0. The fourth-order valence-corrected chi connectivity index (χ4v) is 3.65. The Morgan fingerprint density at radius 1 is 1.12 bits per heavy atom. The molecule has 1 fully saturated rings. The Kier molecular flexibility index (Phi) is 8.15. The van der Waals surface area contributed by atoms with E-state index in [2.05, 4.69) is 10.3 Å². The quantitative estimate of drug-likeness (QED) is 0.682. The van der Waals surface area contributed by atoms with Gasteiger partial charge in [-0.25, -0.2) is 4.98 Å². The van der Waals surface area contributed by atoms with Crippen molar-refractivity contribution in [2.45, 2.75) is 12.6 Å². The van der Waals surface area contributed by atoms with Crippen LogP contribution in [0.2, 0.25) is 5.02 Å². The van der Waals surface area contributed by atoms with Gasteiger partial charge in [0, 0.05) is 39.4 Å². The number of alkyl halides is 3. The lowest BCUT2D eigenvalue weighted by Gasteiger charge is -2.24. The van der Waals surface area contributed by atoms with Crippen molar-refractivity contribution in [3.63, 3.8) is 0 Å². The predicted molar refractivity (Wildman–Crippen MR) is 120 cm³/mol. The first-order valence-corrected chi connectivity index (χ1v) is 10.8. The number of para-hydroxylation sites is 1. The van der Waals surface area contributed by atoms with Gasteiger partial charge >= 0.3 is 6.18 Å². The number of nitrogens with one attached hydrogen (secondary N) is 1. The molecule has 2 aromatic rings. The van der Waals surface area contributed by atoms with Gasteiger partial charge in [-0.3, -0.25) is 14.5 Å². The maximum absolute atomic E-state index is 12.7. The number of rotatable bonds is 6. The first-order valence-electron chi connectivity index (χ1n) is 10.4. The molecule has 0 radical (unpaired) electrons. The molecule has 1 aliphatic rings. The van der Waals surface area contributed by atoms with Gasteiger partial charge in [-0.1, -0.05) is 23.7 Å². The Morgan fingerprint density at radius 2 is 1.88 bits per heavy atom. The SMILES string of the molecule is CN(CC(=O)Nc1ccccc1Cl)C(=O)CN1CCCN(c2ccc(C(F)(F)F)cn2)CC1. The number of carbonyl (C=O) groups excluding carboxylic acids is 2. The number of halogens is 4. The highest BCUT2D eigenvalue weighted by Crippen LogP contribution is 2.29. The van der Waals surface area contributed by atoms with Gasteiger partial charge in [0.05, 0.1) is 29.4 Å². The molecule has 0 unspecified atom stereocenters. The molecule has 0 aliphatic carbocycles. The third-order valence-corrected chi connectivity index (χ3v) is 5.63. The van der Waals surface area contributed by atoms with E-state index in [9.17, 15) is 22.8 Å². The predicted octanol–water partition coefficient (Wildman–Crippen LogP) is 3.36. The number of likely N-dealkylation sites (N-methyl/N-ethyl adjacent to an activating group) is 1. The van der Waals surface area contributed by atoms with Crippen LogP contribution < -0.4 is 10.2 Å². The van der Waals surface area contributed by atoms with Gasteiger partial charge in [-0.05, 0) is 30.7 Å². The molecular formula is C22H25ClF3N5O2. The van der Waals surface area contributed by atoms with Crippen LogP contribution in [0.15, 0.2) is 42.6 Å². The molecule has 1 aromatic heterocycles. The summed E-state index contributed by atoms with van der Waals surface area (Å²) < 4.78 is 38.2. The molecule has 1 N–H and O–H groups in total. The summed E-state index contributed by atoms with van der Waals surface area (Å²) >= 11 is 6.04. The normalized spacial score (nSPS) is 15.1. The average molecular weight is 484 g/mol. The van der Waals surface area contributed by atoms with Gasteiger partial charge in [-0.15, -0.1) is 0 Å². The Bertz CT molecular complexity index is 971. The number of anilines is 2. The number of amides is 2. The number of hydrogen-bond acceptors (Lipinski definition) is 5. The highest BCUT2D eigenvalue weighted by atomic mass is 35.5. The van der Waals surface area contributed by atoms with Crippen LogP contribution in [-0.4, -0.2) is 72.9 Å². The summed E-state index contributed by atoms with van der Waals surface area (Å²) in [6.45, 7) is 2.39. The minimum absolute atomic E-state index is 0.112. The zero-order valence-corrected chi connectivity index (χ0v) is 18.9. The maximum atomic E-state index is 12.7. The van der Waals surface area contributed by atoms with Crippen LogP contribution in [0, 0.1) is 0 Å². The van der Waals surface area contributed by atoms with Crippen LogP contribution in [-0.2, 0) is 15.8 Å². The van der Waals surface area contributed by atoms with Gasteiger partial charge in [0.2, 0.25) is 11.8 Å². The molecule has 7 nitrogen and oxygen atoms in total. The highest BCUT2D eigenvalue weighted by Gasteiger charge is 2.31. The van der Waals surface area contributed by atoms with Crippen LogP contribution in [0.5, 0.6) is 0 Å². The summed E-state index contributed by atoms with van der Waals surface area (Å²) in [5.74, 6) is -0.0793. The molecule has 0 saturated carbocycles. The van der Waals surface area contributed by atoms with Crippen molar-refractivity contribution >= 4 is 34.9 Å². The molecule has 3 rings (SSSR count).